The molecular formula is C19H25FN2O5. The Balaban J connectivity index is 2.11. The standard InChI is InChI=1S/C19H25FN2O5/c1-18(2,11-23)17-8-12-7-16(22(24)25)14(20)9-15(12)21(17)10-13-5-6-26-19(3,4)27-13/h7-9,13,23H,5-6,10-11H2,1-4H3. The minimum atomic E-state index is -0.881. The summed E-state index contributed by atoms with van der Waals surface area (Å²) < 4.78 is 27.7. The average molecular weight is 380 g/mol. The zero-order chi connectivity index (χ0) is 20.0. The summed E-state index contributed by atoms with van der Waals surface area (Å²) in [4.78, 5) is 10.4. The van der Waals surface area contributed by atoms with E-state index in [1.807, 2.05) is 32.3 Å². The van der Waals surface area contributed by atoms with Crippen LogP contribution < -0.4 is 0 Å². The highest BCUT2D eigenvalue weighted by Gasteiger charge is 2.32. The smallest absolute Gasteiger partial charge is 0.305 e. The lowest BCUT2D eigenvalue weighted by atomic mass is 9.90. The second-order valence-electron chi connectivity index (χ2n) is 8.08. The average Bonchev–Trinajstić information content (AvgIpc) is 2.91. The molecule has 1 saturated heterocycles. The van der Waals surface area contributed by atoms with Crippen molar-refractivity contribution < 1.29 is 23.9 Å². The minimum Gasteiger partial charge on any atom is -0.395 e. The lowest BCUT2D eigenvalue weighted by Gasteiger charge is -2.37. The maximum Gasteiger partial charge on any atom is 0.305 e. The van der Waals surface area contributed by atoms with Crippen LogP contribution in [0.2, 0.25) is 0 Å². The van der Waals surface area contributed by atoms with Gasteiger partial charge in [0.15, 0.2) is 5.79 Å². The molecule has 3 rings (SSSR count). The molecular weight excluding hydrogens is 355 g/mol. The number of rotatable bonds is 5. The fraction of sp³-hybridized carbons (Fsp3) is 0.579. The normalized spacial score (nSPS) is 20.1. The van der Waals surface area contributed by atoms with Crippen LogP contribution in [0.25, 0.3) is 10.9 Å². The fourth-order valence-electron chi connectivity index (χ4n) is 3.51. The molecule has 27 heavy (non-hydrogen) atoms. The number of aliphatic hydroxyl groups is 1. The number of hydrogen-bond donors (Lipinski definition) is 1. The Hall–Kier alpha value is -2.03. The molecule has 2 aromatic rings. The molecule has 1 unspecified atom stereocenters. The molecule has 7 nitrogen and oxygen atoms in total. The van der Waals surface area contributed by atoms with E-state index in [0.29, 0.717) is 30.5 Å². The van der Waals surface area contributed by atoms with Crippen LogP contribution >= 0.6 is 0 Å². The van der Waals surface area contributed by atoms with Crippen molar-refractivity contribution in [3.8, 4) is 0 Å². The number of aromatic nitrogens is 1. The van der Waals surface area contributed by atoms with Gasteiger partial charge in [0.2, 0.25) is 5.82 Å². The van der Waals surface area contributed by atoms with Crippen LogP contribution in [0.3, 0.4) is 0 Å². The molecule has 1 aromatic heterocycles. The highest BCUT2D eigenvalue weighted by molar-refractivity contribution is 5.84. The van der Waals surface area contributed by atoms with Crippen LogP contribution in [0.5, 0.6) is 0 Å². The van der Waals surface area contributed by atoms with E-state index >= 15 is 0 Å². The van der Waals surface area contributed by atoms with Gasteiger partial charge in [0.25, 0.3) is 0 Å². The van der Waals surface area contributed by atoms with Crippen molar-refractivity contribution >= 4 is 16.6 Å². The zero-order valence-corrected chi connectivity index (χ0v) is 16.0. The van der Waals surface area contributed by atoms with E-state index in [2.05, 4.69) is 0 Å². The van der Waals surface area contributed by atoms with E-state index < -0.39 is 27.6 Å². The van der Waals surface area contributed by atoms with Gasteiger partial charge in [-0.3, -0.25) is 10.1 Å². The quantitative estimate of drug-likeness (QED) is 0.634. The van der Waals surface area contributed by atoms with Gasteiger partial charge in [-0.05, 0) is 26.3 Å². The second-order valence-corrected chi connectivity index (χ2v) is 8.08. The predicted octanol–water partition coefficient (Wildman–Crippen LogP) is 3.50. The highest BCUT2D eigenvalue weighted by atomic mass is 19.1. The number of aliphatic hydroxyl groups excluding tert-OH is 1. The van der Waals surface area contributed by atoms with E-state index in [4.69, 9.17) is 9.47 Å². The van der Waals surface area contributed by atoms with Gasteiger partial charge < -0.3 is 19.1 Å². The lowest BCUT2D eigenvalue weighted by molar-refractivity contribution is -0.387. The largest absolute Gasteiger partial charge is 0.395 e. The molecule has 1 N–H and O–H groups in total. The molecule has 1 aliphatic heterocycles. The SMILES string of the molecule is CC1(C)OCCC(Cn2c(C(C)(C)CO)cc3cc([N+](=O)[O-])c(F)cc32)O1. The summed E-state index contributed by atoms with van der Waals surface area (Å²) in [5, 5.41) is 21.5. The number of fused-ring (bicyclic) bond motifs is 1. The first-order valence-corrected chi connectivity index (χ1v) is 8.94. The van der Waals surface area contributed by atoms with Crippen LogP contribution in [-0.4, -0.2) is 39.7 Å². The molecule has 1 aromatic carbocycles. The number of halogens is 1. The van der Waals surface area contributed by atoms with Crippen LogP contribution in [-0.2, 0) is 21.4 Å². The van der Waals surface area contributed by atoms with Gasteiger partial charge in [-0.15, -0.1) is 0 Å². The molecule has 0 aliphatic carbocycles. The van der Waals surface area contributed by atoms with Crippen molar-refractivity contribution in [3.05, 3.63) is 39.8 Å². The van der Waals surface area contributed by atoms with Crippen LogP contribution in [0.1, 0.15) is 39.8 Å². The predicted molar refractivity (Wildman–Crippen MR) is 98.2 cm³/mol. The molecule has 0 saturated carbocycles. The first-order chi connectivity index (χ1) is 12.5. The molecule has 148 valence electrons. The van der Waals surface area contributed by atoms with E-state index in [9.17, 15) is 19.6 Å². The Morgan fingerprint density at radius 3 is 2.70 bits per heavy atom. The van der Waals surface area contributed by atoms with E-state index in [-0.39, 0.29) is 12.7 Å². The van der Waals surface area contributed by atoms with Crippen molar-refractivity contribution in [1.82, 2.24) is 4.57 Å². The molecule has 8 heteroatoms. The molecule has 1 atom stereocenters. The number of nitro groups is 1. The lowest BCUT2D eigenvalue weighted by Crippen LogP contribution is -2.42. The Labute approximate surface area is 156 Å². The minimum absolute atomic E-state index is 0.117. The third kappa shape index (κ3) is 3.83. The topological polar surface area (TPSA) is 86.8 Å². The molecule has 1 fully saturated rings. The van der Waals surface area contributed by atoms with E-state index in [1.165, 1.54) is 12.1 Å². The first kappa shape index (κ1) is 19.7. The van der Waals surface area contributed by atoms with Crippen LogP contribution in [0.15, 0.2) is 18.2 Å². The van der Waals surface area contributed by atoms with Gasteiger partial charge in [0.05, 0.1) is 29.8 Å². The third-order valence-corrected chi connectivity index (χ3v) is 4.98. The Kier molecular flexibility index (Phi) is 5.00. The van der Waals surface area contributed by atoms with Crippen molar-refractivity contribution in [2.75, 3.05) is 13.2 Å². The number of hydrogen-bond acceptors (Lipinski definition) is 5. The van der Waals surface area contributed by atoms with Gasteiger partial charge in [0, 0.05) is 35.2 Å². The van der Waals surface area contributed by atoms with Gasteiger partial charge in [0.1, 0.15) is 0 Å². The molecule has 2 heterocycles. The number of benzene rings is 1. The maximum atomic E-state index is 14.3. The summed E-state index contributed by atoms with van der Waals surface area (Å²) in [6.45, 7) is 8.30. The summed E-state index contributed by atoms with van der Waals surface area (Å²) >= 11 is 0. The molecule has 0 amide bonds. The maximum absolute atomic E-state index is 14.3. The van der Waals surface area contributed by atoms with Crippen LogP contribution in [0.4, 0.5) is 10.1 Å². The van der Waals surface area contributed by atoms with E-state index in [0.717, 1.165) is 5.69 Å². The molecule has 1 aliphatic rings. The van der Waals surface area contributed by atoms with Crippen molar-refractivity contribution in [2.24, 2.45) is 0 Å². The van der Waals surface area contributed by atoms with Crippen molar-refractivity contribution in [3.63, 3.8) is 0 Å². The van der Waals surface area contributed by atoms with Gasteiger partial charge >= 0.3 is 5.69 Å². The van der Waals surface area contributed by atoms with Crippen LogP contribution in [0, 0.1) is 15.9 Å². The third-order valence-electron chi connectivity index (χ3n) is 4.98. The monoisotopic (exact) mass is 380 g/mol. The fourth-order valence-corrected chi connectivity index (χ4v) is 3.51. The van der Waals surface area contributed by atoms with E-state index in [1.54, 1.807) is 6.07 Å². The number of nitrogens with zero attached hydrogens (tertiary/aromatic N) is 2. The molecule has 0 radical (unpaired) electrons. The molecule has 0 bridgehead atoms. The second kappa shape index (κ2) is 6.85. The summed E-state index contributed by atoms with van der Waals surface area (Å²) in [5.41, 5.74) is 0.150. The summed E-state index contributed by atoms with van der Waals surface area (Å²) in [5.74, 6) is -1.59. The van der Waals surface area contributed by atoms with Gasteiger partial charge in [-0.25, -0.2) is 0 Å². The molecule has 0 spiro atoms. The van der Waals surface area contributed by atoms with Gasteiger partial charge in [-0.2, -0.15) is 4.39 Å². The summed E-state index contributed by atoms with van der Waals surface area (Å²) in [6, 6.07) is 4.21. The van der Waals surface area contributed by atoms with Gasteiger partial charge in [-0.1, -0.05) is 13.8 Å². The Morgan fingerprint density at radius 2 is 2.11 bits per heavy atom. The Bertz CT molecular complexity index is 875. The highest BCUT2D eigenvalue weighted by Crippen LogP contribution is 2.34. The summed E-state index contributed by atoms with van der Waals surface area (Å²) in [6.07, 6.45) is 0.522. The zero-order valence-electron chi connectivity index (χ0n) is 16.0. The van der Waals surface area contributed by atoms with Crippen molar-refractivity contribution in [2.45, 2.75) is 58.0 Å². The van der Waals surface area contributed by atoms with Crippen molar-refractivity contribution in [1.29, 1.82) is 0 Å². The Morgan fingerprint density at radius 1 is 1.41 bits per heavy atom. The number of ether oxygens (including phenoxy) is 2. The first-order valence-electron chi connectivity index (χ1n) is 8.94. The number of nitro benzene ring substituents is 1. The summed E-state index contributed by atoms with van der Waals surface area (Å²) in [7, 11) is 0.